The number of benzene rings is 1. The largest absolute Gasteiger partial charge is 0.464 e. The molecule has 0 aliphatic rings. The van der Waals surface area contributed by atoms with E-state index >= 15 is 0 Å². The summed E-state index contributed by atoms with van der Waals surface area (Å²) in [5.74, 6) is -0.168. The van der Waals surface area contributed by atoms with E-state index in [4.69, 9.17) is 9.47 Å². The molecule has 1 rings (SSSR count). The second-order valence-electron chi connectivity index (χ2n) is 3.06. The van der Waals surface area contributed by atoms with Gasteiger partial charge in [-0.2, -0.15) is 0 Å². The zero-order valence-corrected chi connectivity index (χ0v) is 8.96. The smallest absolute Gasteiger partial charge is 0.188 e. The molecular formula is C11H15FO3. The van der Waals surface area contributed by atoms with Gasteiger partial charge in [0.1, 0.15) is 0 Å². The van der Waals surface area contributed by atoms with Gasteiger partial charge in [0.25, 0.3) is 0 Å². The summed E-state index contributed by atoms with van der Waals surface area (Å²) >= 11 is 0. The summed E-state index contributed by atoms with van der Waals surface area (Å²) in [7, 11) is 3.11. The van der Waals surface area contributed by atoms with Crippen molar-refractivity contribution < 1.29 is 18.6 Å². The molecule has 0 radical (unpaired) electrons. The highest BCUT2D eigenvalue weighted by atomic mass is 19.1. The predicted molar refractivity (Wildman–Crippen MR) is 54.5 cm³/mol. The third-order valence-corrected chi connectivity index (χ3v) is 1.92. The van der Waals surface area contributed by atoms with Crippen molar-refractivity contribution in [2.75, 3.05) is 27.6 Å². The Morgan fingerprint density at radius 2 is 2.00 bits per heavy atom. The topological polar surface area (TPSA) is 27.7 Å². The molecule has 15 heavy (non-hydrogen) atoms. The number of rotatable bonds is 6. The maximum absolute atomic E-state index is 13.4. The Bertz CT molecular complexity index is 302. The van der Waals surface area contributed by atoms with Crippen molar-refractivity contribution in [3.05, 3.63) is 29.6 Å². The summed E-state index contributed by atoms with van der Waals surface area (Å²) in [6, 6.07) is 4.86. The van der Waals surface area contributed by atoms with Gasteiger partial charge in [-0.1, -0.05) is 6.07 Å². The minimum absolute atomic E-state index is 0.0499. The fourth-order valence-corrected chi connectivity index (χ4v) is 1.16. The number of methoxy groups -OCH3 is 2. The molecule has 0 amide bonds. The fraction of sp³-hybridized carbons (Fsp3) is 0.455. The molecule has 0 atom stereocenters. The third-order valence-electron chi connectivity index (χ3n) is 1.92. The predicted octanol–water partition coefficient (Wildman–Crippen LogP) is 2.00. The Hall–Kier alpha value is -1.13. The molecule has 0 spiro atoms. The van der Waals surface area contributed by atoms with Crippen molar-refractivity contribution in [3.63, 3.8) is 0 Å². The van der Waals surface area contributed by atoms with E-state index in [1.165, 1.54) is 13.2 Å². The maximum atomic E-state index is 13.4. The van der Waals surface area contributed by atoms with Gasteiger partial charge in [0, 0.05) is 14.2 Å². The molecule has 0 saturated heterocycles. The zero-order valence-electron chi connectivity index (χ0n) is 8.96. The lowest BCUT2D eigenvalue weighted by Crippen LogP contribution is -2.02. The molecule has 0 bridgehead atoms. The van der Waals surface area contributed by atoms with Crippen LogP contribution >= 0.6 is 0 Å². The van der Waals surface area contributed by atoms with Crippen LogP contribution in [0.4, 0.5) is 4.39 Å². The van der Waals surface area contributed by atoms with E-state index in [2.05, 4.69) is 4.74 Å². The van der Waals surface area contributed by atoms with Gasteiger partial charge in [0.15, 0.2) is 18.4 Å². The number of hydrogen-bond acceptors (Lipinski definition) is 3. The van der Waals surface area contributed by atoms with Crippen LogP contribution in [0.5, 0.6) is 5.75 Å². The highest BCUT2D eigenvalue weighted by Crippen LogP contribution is 2.18. The molecule has 0 N–H and O–H groups in total. The van der Waals surface area contributed by atoms with E-state index in [0.717, 1.165) is 5.56 Å². The van der Waals surface area contributed by atoms with E-state index in [0.29, 0.717) is 13.0 Å². The molecule has 0 aromatic heterocycles. The van der Waals surface area contributed by atoms with E-state index in [-0.39, 0.29) is 18.4 Å². The van der Waals surface area contributed by atoms with Crippen molar-refractivity contribution in [2.45, 2.75) is 6.42 Å². The van der Waals surface area contributed by atoms with Gasteiger partial charge in [0.05, 0.1) is 6.61 Å². The SMILES string of the molecule is COCCc1ccc(OCOC)c(F)c1. The maximum Gasteiger partial charge on any atom is 0.188 e. The Labute approximate surface area is 88.8 Å². The van der Waals surface area contributed by atoms with Crippen LogP contribution in [-0.2, 0) is 15.9 Å². The molecule has 0 fully saturated rings. The third kappa shape index (κ3) is 3.85. The lowest BCUT2D eigenvalue weighted by Gasteiger charge is -2.07. The van der Waals surface area contributed by atoms with Crippen LogP contribution in [0, 0.1) is 5.82 Å². The van der Waals surface area contributed by atoms with Gasteiger partial charge >= 0.3 is 0 Å². The van der Waals surface area contributed by atoms with E-state index in [1.807, 2.05) is 6.07 Å². The minimum Gasteiger partial charge on any atom is -0.464 e. The summed E-state index contributed by atoms with van der Waals surface area (Å²) in [6.45, 7) is 0.631. The summed E-state index contributed by atoms with van der Waals surface area (Å²) in [6.07, 6.45) is 0.692. The van der Waals surface area contributed by atoms with Crippen molar-refractivity contribution in [2.24, 2.45) is 0 Å². The van der Waals surface area contributed by atoms with Gasteiger partial charge in [-0.3, -0.25) is 0 Å². The quantitative estimate of drug-likeness (QED) is 0.678. The van der Waals surface area contributed by atoms with Crippen molar-refractivity contribution in [1.82, 2.24) is 0 Å². The van der Waals surface area contributed by atoms with Crippen LogP contribution in [0.15, 0.2) is 18.2 Å². The molecule has 0 unspecified atom stereocenters. The molecule has 0 heterocycles. The molecule has 84 valence electrons. The first-order valence-electron chi connectivity index (χ1n) is 4.67. The Kier molecular flexibility index (Phi) is 5.07. The first-order chi connectivity index (χ1) is 7.27. The molecule has 0 aliphatic carbocycles. The summed E-state index contributed by atoms with van der Waals surface area (Å²) in [5, 5.41) is 0. The average Bonchev–Trinajstić information content (AvgIpc) is 2.25. The molecule has 0 aliphatic heterocycles. The van der Waals surface area contributed by atoms with Crippen LogP contribution in [-0.4, -0.2) is 27.6 Å². The zero-order chi connectivity index (χ0) is 11.1. The van der Waals surface area contributed by atoms with Crippen molar-refractivity contribution >= 4 is 0 Å². The second-order valence-corrected chi connectivity index (χ2v) is 3.06. The van der Waals surface area contributed by atoms with Gasteiger partial charge in [-0.05, 0) is 24.1 Å². The summed E-state index contributed by atoms with van der Waals surface area (Å²) in [4.78, 5) is 0. The minimum atomic E-state index is -0.374. The number of ether oxygens (including phenoxy) is 3. The lowest BCUT2D eigenvalue weighted by molar-refractivity contribution is 0.0482. The van der Waals surface area contributed by atoms with E-state index in [1.54, 1.807) is 13.2 Å². The Balaban J connectivity index is 2.61. The van der Waals surface area contributed by atoms with E-state index < -0.39 is 0 Å². The summed E-state index contributed by atoms with van der Waals surface area (Å²) in [5.41, 5.74) is 0.888. The van der Waals surface area contributed by atoms with Gasteiger partial charge < -0.3 is 14.2 Å². The van der Waals surface area contributed by atoms with Crippen LogP contribution < -0.4 is 4.74 Å². The monoisotopic (exact) mass is 214 g/mol. The fourth-order valence-electron chi connectivity index (χ4n) is 1.16. The molecular weight excluding hydrogens is 199 g/mol. The van der Waals surface area contributed by atoms with Crippen molar-refractivity contribution in [1.29, 1.82) is 0 Å². The number of hydrogen-bond donors (Lipinski definition) is 0. The van der Waals surface area contributed by atoms with E-state index in [9.17, 15) is 4.39 Å². The molecule has 3 nitrogen and oxygen atoms in total. The van der Waals surface area contributed by atoms with Gasteiger partial charge in [-0.15, -0.1) is 0 Å². The summed E-state index contributed by atoms with van der Waals surface area (Å²) < 4.78 is 28.0. The highest BCUT2D eigenvalue weighted by molar-refractivity contribution is 5.29. The highest BCUT2D eigenvalue weighted by Gasteiger charge is 2.04. The second kappa shape index (κ2) is 6.37. The average molecular weight is 214 g/mol. The normalized spacial score (nSPS) is 10.3. The molecule has 1 aromatic rings. The van der Waals surface area contributed by atoms with Crippen LogP contribution in [0.25, 0.3) is 0 Å². The molecule has 1 aromatic carbocycles. The van der Waals surface area contributed by atoms with Gasteiger partial charge in [-0.25, -0.2) is 4.39 Å². The molecule has 4 heteroatoms. The first kappa shape index (κ1) is 11.9. The molecule has 0 saturated carbocycles. The van der Waals surface area contributed by atoms with Crippen molar-refractivity contribution in [3.8, 4) is 5.75 Å². The van der Waals surface area contributed by atoms with Crippen LogP contribution in [0.2, 0.25) is 0 Å². The first-order valence-corrected chi connectivity index (χ1v) is 4.67. The Morgan fingerprint density at radius 3 is 2.60 bits per heavy atom. The lowest BCUT2D eigenvalue weighted by atomic mass is 10.1. The number of halogens is 1. The van der Waals surface area contributed by atoms with Crippen LogP contribution in [0.3, 0.4) is 0 Å². The Morgan fingerprint density at radius 1 is 1.20 bits per heavy atom. The van der Waals surface area contributed by atoms with Gasteiger partial charge in [0.2, 0.25) is 0 Å². The van der Waals surface area contributed by atoms with Crippen LogP contribution in [0.1, 0.15) is 5.56 Å². The standard InChI is InChI=1S/C11H15FO3/c1-13-6-5-9-3-4-11(10(12)7-9)15-8-14-2/h3-4,7H,5-6,8H2,1-2H3.